The quantitative estimate of drug-likeness (QED) is 0.664. The lowest BCUT2D eigenvalue weighted by molar-refractivity contribution is 0.0316. The van der Waals surface area contributed by atoms with Crippen LogP contribution >= 0.6 is 0 Å². The van der Waals surface area contributed by atoms with Gasteiger partial charge < -0.3 is 14.5 Å². The summed E-state index contributed by atoms with van der Waals surface area (Å²) in [4.78, 5) is 39.2. The molecular formula is C18H18FNO5. The van der Waals surface area contributed by atoms with Crippen molar-refractivity contribution in [2.24, 2.45) is 0 Å². The third kappa shape index (κ3) is 3.76. The molecule has 0 bridgehead atoms. The monoisotopic (exact) mass is 347 g/mol. The summed E-state index contributed by atoms with van der Waals surface area (Å²) >= 11 is 0. The van der Waals surface area contributed by atoms with Gasteiger partial charge in [0.15, 0.2) is 6.10 Å². The molecule has 6 nitrogen and oxygen atoms in total. The van der Waals surface area contributed by atoms with Crippen molar-refractivity contribution >= 4 is 17.7 Å². The number of rotatable bonds is 5. The van der Waals surface area contributed by atoms with Crippen molar-refractivity contribution in [1.82, 2.24) is 4.98 Å². The van der Waals surface area contributed by atoms with Crippen LogP contribution in [0.25, 0.3) is 0 Å². The Hall–Kier alpha value is -2.96. The van der Waals surface area contributed by atoms with Gasteiger partial charge in [-0.1, -0.05) is 6.07 Å². The molecule has 7 heteroatoms. The van der Waals surface area contributed by atoms with Gasteiger partial charge in [-0.25, -0.2) is 14.0 Å². The van der Waals surface area contributed by atoms with Crippen LogP contribution in [0.1, 0.15) is 49.4 Å². The molecule has 0 aliphatic carbocycles. The van der Waals surface area contributed by atoms with Crippen LogP contribution in [0.2, 0.25) is 0 Å². The summed E-state index contributed by atoms with van der Waals surface area (Å²) in [6.07, 6.45) is -1.11. The van der Waals surface area contributed by atoms with Gasteiger partial charge in [0.25, 0.3) is 0 Å². The number of hydrogen-bond acceptors (Lipinski definition) is 5. The van der Waals surface area contributed by atoms with Crippen molar-refractivity contribution in [1.29, 1.82) is 0 Å². The molecule has 2 rings (SSSR count). The van der Waals surface area contributed by atoms with E-state index < -0.39 is 29.6 Å². The Morgan fingerprint density at radius 2 is 1.84 bits per heavy atom. The predicted octanol–water partition coefficient (Wildman–Crippen LogP) is 2.99. The van der Waals surface area contributed by atoms with E-state index in [2.05, 4.69) is 4.98 Å². The SMILES string of the molecule is COC(=O)c1c(C)[nH]c(C(=O)[C@H](C)OC(=O)c2cccc(F)c2)c1C. The fourth-order valence-electron chi connectivity index (χ4n) is 2.51. The van der Waals surface area contributed by atoms with Crippen LogP contribution in [0.3, 0.4) is 0 Å². The molecular weight excluding hydrogens is 329 g/mol. The van der Waals surface area contributed by atoms with E-state index in [4.69, 9.17) is 9.47 Å². The van der Waals surface area contributed by atoms with E-state index in [1.54, 1.807) is 13.8 Å². The number of aromatic amines is 1. The molecule has 1 heterocycles. The number of ketones is 1. The van der Waals surface area contributed by atoms with Crippen molar-refractivity contribution in [3.8, 4) is 0 Å². The maximum Gasteiger partial charge on any atom is 0.339 e. The highest BCUT2D eigenvalue weighted by molar-refractivity contribution is 6.04. The highest BCUT2D eigenvalue weighted by atomic mass is 19.1. The topological polar surface area (TPSA) is 85.5 Å². The number of hydrogen-bond donors (Lipinski definition) is 1. The highest BCUT2D eigenvalue weighted by Gasteiger charge is 2.27. The number of carbonyl (C=O) groups excluding carboxylic acids is 3. The number of aryl methyl sites for hydroxylation is 1. The second kappa shape index (κ2) is 7.29. The molecule has 0 saturated carbocycles. The number of Topliss-reactive ketones (excluding diaryl/α,β-unsaturated/α-hetero) is 1. The number of halogens is 1. The van der Waals surface area contributed by atoms with Crippen molar-refractivity contribution in [2.45, 2.75) is 26.9 Å². The number of ether oxygens (including phenoxy) is 2. The Balaban J connectivity index is 2.20. The lowest BCUT2D eigenvalue weighted by atomic mass is 10.1. The largest absolute Gasteiger partial charge is 0.465 e. The average molecular weight is 347 g/mol. The molecule has 0 unspecified atom stereocenters. The van der Waals surface area contributed by atoms with Gasteiger partial charge in [-0.15, -0.1) is 0 Å². The van der Waals surface area contributed by atoms with Crippen molar-refractivity contribution in [3.63, 3.8) is 0 Å². The standard InChI is InChI=1S/C18H18FNO5/c1-9-14(18(23)24-4)10(2)20-15(9)16(21)11(3)25-17(22)12-6-5-7-13(19)8-12/h5-8,11,20H,1-4H3/t11-/m0/s1. The van der Waals surface area contributed by atoms with Crippen LogP contribution in [0.15, 0.2) is 24.3 Å². The molecule has 1 aromatic heterocycles. The fraction of sp³-hybridized carbons (Fsp3) is 0.278. The Morgan fingerprint density at radius 3 is 2.44 bits per heavy atom. The second-order valence-electron chi connectivity index (χ2n) is 5.54. The molecule has 1 N–H and O–H groups in total. The summed E-state index contributed by atoms with van der Waals surface area (Å²) in [6.45, 7) is 4.65. The summed E-state index contributed by atoms with van der Waals surface area (Å²) < 4.78 is 23.0. The Bertz CT molecular complexity index is 840. The van der Waals surface area contributed by atoms with Crippen LogP contribution in [0, 0.1) is 19.7 Å². The normalized spacial score (nSPS) is 11.7. The number of aromatic nitrogens is 1. The van der Waals surface area contributed by atoms with Gasteiger partial charge in [0.05, 0.1) is 23.9 Å². The van der Waals surface area contributed by atoms with Gasteiger partial charge in [0.2, 0.25) is 5.78 Å². The van der Waals surface area contributed by atoms with Crippen LogP contribution in [-0.4, -0.2) is 35.9 Å². The molecule has 132 valence electrons. The lowest BCUT2D eigenvalue weighted by Gasteiger charge is -2.12. The van der Waals surface area contributed by atoms with Gasteiger partial charge in [-0.05, 0) is 44.5 Å². The molecule has 25 heavy (non-hydrogen) atoms. The Kier molecular flexibility index (Phi) is 5.36. The summed E-state index contributed by atoms with van der Waals surface area (Å²) in [5.74, 6) is -2.45. The number of nitrogens with one attached hydrogen (secondary N) is 1. The minimum Gasteiger partial charge on any atom is -0.465 e. The molecule has 1 atom stereocenters. The molecule has 0 amide bonds. The highest BCUT2D eigenvalue weighted by Crippen LogP contribution is 2.21. The van der Waals surface area contributed by atoms with Gasteiger partial charge >= 0.3 is 11.9 Å². The lowest BCUT2D eigenvalue weighted by Crippen LogP contribution is -2.25. The summed E-state index contributed by atoms with van der Waals surface area (Å²) in [7, 11) is 1.25. The molecule has 0 aliphatic rings. The van der Waals surface area contributed by atoms with Gasteiger partial charge in [0.1, 0.15) is 5.82 Å². The maximum atomic E-state index is 13.2. The number of methoxy groups -OCH3 is 1. The first-order valence-electron chi connectivity index (χ1n) is 7.54. The third-order valence-electron chi connectivity index (χ3n) is 3.79. The van der Waals surface area contributed by atoms with Crippen molar-refractivity contribution < 1.29 is 28.2 Å². The summed E-state index contributed by atoms with van der Waals surface area (Å²) in [5.41, 5.74) is 1.35. The van der Waals surface area contributed by atoms with Crippen LogP contribution in [-0.2, 0) is 9.47 Å². The van der Waals surface area contributed by atoms with Gasteiger partial charge in [0, 0.05) is 5.69 Å². The Labute approximate surface area is 143 Å². The minimum absolute atomic E-state index is 0.00860. The van der Waals surface area contributed by atoms with Crippen LogP contribution in [0.5, 0.6) is 0 Å². The zero-order chi connectivity index (χ0) is 18.7. The first-order valence-corrected chi connectivity index (χ1v) is 7.54. The second-order valence-corrected chi connectivity index (χ2v) is 5.54. The first-order chi connectivity index (χ1) is 11.8. The van der Waals surface area contributed by atoms with Crippen molar-refractivity contribution in [3.05, 3.63) is 58.2 Å². The van der Waals surface area contributed by atoms with Gasteiger partial charge in [-0.2, -0.15) is 0 Å². The number of benzene rings is 1. The van der Waals surface area contributed by atoms with E-state index >= 15 is 0 Å². The first kappa shape index (κ1) is 18.4. The fourth-order valence-corrected chi connectivity index (χ4v) is 2.51. The van der Waals surface area contributed by atoms with E-state index in [0.717, 1.165) is 6.07 Å². The molecule has 2 aromatic rings. The summed E-state index contributed by atoms with van der Waals surface area (Å²) in [5, 5.41) is 0. The van der Waals surface area contributed by atoms with E-state index in [1.165, 1.54) is 32.2 Å². The molecule has 0 fully saturated rings. The van der Waals surface area contributed by atoms with Crippen LogP contribution < -0.4 is 0 Å². The van der Waals surface area contributed by atoms with Crippen LogP contribution in [0.4, 0.5) is 4.39 Å². The molecule has 1 aromatic carbocycles. The number of H-pyrrole nitrogens is 1. The minimum atomic E-state index is -1.11. The van der Waals surface area contributed by atoms with E-state index in [1.807, 2.05) is 0 Å². The third-order valence-corrected chi connectivity index (χ3v) is 3.79. The summed E-state index contributed by atoms with van der Waals surface area (Å²) in [6, 6.07) is 4.99. The smallest absolute Gasteiger partial charge is 0.339 e. The number of carbonyl (C=O) groups is 3. The van der Waals surface area contributed by atoms with Gasteiger partial charge in [-0.3, -0.25) is 4.79 Å². The van der Waals surface area contributed by atoms with E-state index in [9.17, 15) is 18.8 Å². The molecule has 0 radical (unpaired) electrons. The average Bonchev–Trinajstić information content (AvgIpc) is 2.87. The zero-order valence-electron chi connectivity index (χ0n) is 14.3. The van der Waals surface area contributed by atoms with Crippen molar-refractivity contribution in [2.75, 3.05) is 7.11 Å². The number of esters is 2. The predicted molar refractivity (Wildman–Crippen MR) is 87.2 cm³/mol. The molecule has 0 spiro atoms. The molecule has 0 aliphatic heterocycles. The maximum absolute atomic E-state index is 13.2. The van der Waals surface area contributed by atoms with E-state index in [-0.39, 0.29) is 16.8 Å². The van der Waals surface area contributed by atoms with E-state index in [0.29, 0.717) is 11.3 Å². The zero-order valence-corrected chi connectivity index (χ0v) is 14.3. The molecule has 0 saturated heterocycles. The Morgan fingerprint density at radius 1 is 1.16 bits per heavy atom.